The molecule has 5 heteroatoms. The van der Waals surface area contributed by atoms with E-state index in [1.54, 1.807) is 6.07 Å². The summed E-state index contributed by atoms with van der Waals surface area (Å²) in [6.07, 6.45) is 2.07. The molecule has 18 heavy (non-hydrogen) atoms. The Morgan fingerprint density at radius 1 is 1.50 bits per heavy atom. The largest absolute Gasteiger partial charge is 0.477 e. The van der Waals surface area contributed by atoms with Crippen LogP contribution in [0.3, 0.4) is 0 Å². The number of aliphatic hydroxyl groups excluding tert-OH is 1. The van der Waals surface area contributed by atoms with Gasteiger partial charge in [0.2, 0.25) is 0 Å². The number of anilines is 1. The molecule has 100 valence electrons. The molecule has 0 aliphatic carbocycles. The van der Waals surface area contributed by atoms with E-state index in [1.807, 2.05) is 0 Å². The van der Waals surface area contributed by atoms with Crippen LogP contribution in [0.2, 0.25) is 0 Å². The molecule has 5 nitrogen and oxygen atoms in total. The average molecular weight is 252 g/mol. The molecule has 0 spiro atoms. The monoisotopic (exact) mass is 252 g/mol. The summed E-state index contributed by atoms with van der Waals surface area (Å²) < 4.78 is 0. The van der Waals surface area contributed by atoms with Crippen LogP contribution in [-0.2, 0) is 0 Å². The number of hydrogen-bond donors (Lipinski definition) is 3. The lowest BCUT2D eigenvalue weighted by Gasteiger charge is -2.32. The van der Waals surface area contributed by atoms with Crippen molar-refractivity contribution in [2.45, 2.75) is 33.2 Å². The molecule has 0 aliphatic heterocycles. The van der Waals surface area contributed by atoms with Gasteiger partial charge in [0.25, 0.3) is 0 Å². The molecular weight excluding hydrogens is 232 g/mol. The highest BCUT2D eigenvalue weighted by Crippen LogP contribution is 2.25. The van der Waals surface area contributed by atoms with Crippen molar-refractivity contribution >= 4 is 11.7 Å². The average Bonchev–Trinajstić information content (AvgIpc) is 2.27. The first-order valence-electron chi connectivity index (χ1n) is 5.91. The van der Waals surface area contributed by atoms with Gasteiger partial charge in [-0.2, -0.15) is 0 Å². The standard InChI is InChI=1S/C13H20N2O3/c1-13(2,3)11(5-7-16)15-9-4-6-14-10(8-9)12(17)18/h4,6,8,11,16H,5,7H2,1-3H3,(H,14,15)(H,17,18). The quantitative estimate of drug-likeness (QED) is 0.746. The van der Waals surface area contributed by atoms with E-state index in [2.05, 4.69) is 31.1 Å². The molecule has 1 rings (SSSR count). The number of carboxylic acids is 1. The lowest BCUT2D eigenvalue weighted by molar-refractivity contribution is 0.0690. The van der Waals surface area contributed by atoms with Crippen molar-refractivity contribution in [2.24, 2.45) is 5.41 Å². The third kappa shape index (κ3) is 4.00. The van der Waals surface area contributed by atoms with E-state index in [-0.39, 0.29) is 23.8 Å². The summed E-state index contributed by atoms with van der Waals surface area (Å²) in [5, 5.41) is 21.2. The van der Waals surface area contributed by atoms with Gasteiger partial charge in [0, 0.05) is 24.5 Å². The van der Waals surface area contributed by atoms with Crippen LogP contribution in [0.25, 0.3) is 0 Å². The molecule has 1 aromatic rings. The fourth-order valence-corrected chi connectivity index (χ4v) is 1.69. The Morgan fingerprint density at radius 3 is 2.67 bits per heavy atom. The Balaban J connectivity index is 2.87. The maximum atomic E-state index is 10.8. The van der Waals surface area contributed by atoms with Crippen molar-refractivity contribution in [1.29, 1.82) is 0 Å². The van der Waals surface area contributed by atoms with Crippen LogP contribution in [0.5, 0.6) is 0 Å². The third-order valence-electron chi connectivity index (χ3n) is 2.78. The summed E-state index contributed by atoms with van der Waals surface area (Å²) in [5.74, 6) is -1.05. The zero-order chi connectivity index (χ0) is 13.8. The minimum absolute atomic E-state index is 0.0108. The van der Waals surface area contributed by atoms with Gasteiger partial charge in [-0.3, -0.25) is 0 Å². The summed E-state index contributed by atoms with van der Waals surface area (Å²) in [5.41, 5.74) is 0.683. The lowest BCUT2D eigenvalue weighted by Crippen LogP contribution is -2.34. The second-order valence-electron chi connectivity index (χ2n) is 5.31. The molecule has 0 bridgehead atoms. The third-order valence-corrected chi connectivity index (χ3v) is 2.78. The zero-order valence-electron chi connectivity index (χ0n) is 11.0. The number of pyridine rings is 1. The molecule has 0 aromatic carbocycles. The highest BCUT2D eigenvalue weighted by Gasteiger charge is 2.24. The smallest absolute Gasteiger partial charge is 0.354 e. The van der Waals surface area contributed by atoms with Crippen molar-refractivity contribution in [3.05, 3.63) is 24.0 Å². The number of nitrogens with zero attached hydrogens (tertiary/aromatic N) is 1. The molecule has 0 saturated heterocycles. The number of carbonyl (C=O) groups is 1. The summed E-state index contributed by atoms with van der Waals surface area (Å²) >= 11 is 0. The SMILES string of the molecule is CC(C)(C)C(CCO)Nc1ccnc(C(=O)O)c1. The molecule has 0 amide bonds. The van der Waals surface area contributed by atoms with Gasteiger partial charge in [-0.15, -0.1) is 0 Å². The Hall–Kier alpha value is -1.62. The lowest BCUT2D eigenvalue weighted by atomic mass is 9.85. The van der Waals surface area contributed by atoms with Crippen molar-refractivity contribution in [3.63, 3.8) is 0 Å². The summed E-state index contributed by atoms with van der Waals surface area (Å²) in [7, 11) is 0. The van der Waals surface area contributed by atoms with Gasteiger partial charge >= 0.3 is 5.97 Å². The predicted octanol–water partition coefficient (Wildman–Crippen LogP) is 1.99. The molecule has 3 N–H and O–H groups in total. The minimum atomic E-state index is -1.05. The molecule has 0 aliphatic rings. The van der Waals surface area contributed by atoms with Crippen LogP contribution in [0, 0.1) is 5.41 Å². The fraction of sp³-hybridized carbons (Fsp3) is 0.538. The molecule has 0 saturated carbocycles. The van der Waals surface area contributed by atoms with Crippen molar-refractivity contribution < 1.29 is 15.0 Å². The molecular formula is C13H20N2O3. The van der Waals surface area contributed by atoms with E-state index in [1.165, 1.54) is 12.3 Å². The van der Waals surface area contributed by atoms with Crippen LogP contribution in [0.4, 0.5) is 5.69 Å². The van der Waals surface area contributed by atoms with Crippen LogP contribution >= 0.6 is 0 Å². The second kappa shape index (κ2) is 5.82. The van der Waals surface area contributed by atoms with Gasteiger partial charge in [0.05, 0.1) is 0 Å². The van der Waals surface area contributed by atoms with E-state index < -0.39 is 5.97 Å². The molecule has 0 fully saturated rings. The highest BCUT2D eigenvalue weighted by molar-refractivity contribution is 5.86. The molecule has 1 unspecified atom stereocenters. The maximum absolute atomic E-state index is 10.8. The molecule has 1 heterocycles. The van der Waals surface area contributed by atoms with Gasteiger partial charge in [-0.1, -0.05) is 20.8 Å². The summed E-state index contributed by atoms with van der Waals surface area (Å²) in [4.78, 5) is 14.6. The minimum Gasteiger partial charge on any atom is -0.477 e. The molecule has 1 atom stereocenters. The summed E-state index contributed by atoms with van der Waals surface area (Å²) in [6.45, 7) is 6.30. The van der Waals surface area contributed by atoms with Crippen molar-refractivity contribution in [1.82, 2.24) is 4.98 Å². The Labute approximate surface area is 107 Å². The van der Waals surface area contributed by atoms with Crippen LogP contribution in [0.15, 0.2) is 18.3 Å². The molecule has 1 aromatic heterocycles. The van der Waals surface area contributed by atoms with E-state index in [4.69, 9.17) is 10.2 Å². The topological polar surface area (TPSA) is 82.5 Å². The first-order valence-corrected chi connectivity index (χ1v) is 5.91. The van der Waals surface area contributed by atoms with Gasteiger partial charge in [-0.05, 0) is 24.0 Å². The maximum Gasteiger partial charge on any atom is 0.354 e. The van der Waals surface area contributed by atoms with E-state index >= 15 is 0 Å². The normalized spacial score (nSPS) is 13.1. The highest BCUT2D eigenvalue weighted by atomic mass is 16.4. The van der Waals surface area contributed by atoms with Gasteiger partial charge in [-0.25, -0.2) is 9.78 Å². The Kier molecular flexibility index (Phi) is 4.67. The number of aromatic nitrogens is 1. The predicted molar refractivity (Wildman–Crippen MR) is 69.8 cm³/mol. The Bertz CT molecular complexity index is 413. The van der Waals surface area contributed by atoms with Crippen LogP contribution in [0.1, 0.15) is 37.7 Å². The van der Waals surface area contributed by atoms with Gasteiger partial charge in [0.15, 0.2) is 0 Å². The number of hydrogen-bond acceptors (Lipinski definition) is 4. The number of rotatable bonds is 5. The van der Waals surface area contributed by atoms with Gasteiger partial charge in [0.1, 0.15) is 5.69 Å². The summed E-state index contributed by atoms with van der Waals surface area (Å²) in [6, 6.07) is 3.28. The van der Waals surface area contributed by atoms with Crippen LogP contribution in [-0.4, -0.2) is 33.8 Å². The van der Waals surface area contributed by atoms with E-state index in [9.17, 15) is 4.79 Å². The van der Waals surface area contributed by atoms with E-state index in [0.717, 1.165) is 0 Å². The van der Waals surface area contributed by atoms with Gasteiger partial charge < -0.3 is 15.5 Å². The second-order valence-corrected chi connectivity index (χ2v) is 5.31. The number of aliphatic hydroxyl groups is 1. The van der Waals surface area contributed by atoms with E-state index in [0.29, 0.717) is 12.1 Å². The molecule has 0 radical (unpaired) electrons. The number of carboxylic acid groups (broad SMARTS) is 1. The van der Waals surface area contributed by atoms with Crippen molar-refractivity contribution in [2.75, 3.05) is 11.9 Å². The number of aromatic carboxylic acids is 1. The Morgan fingerprint density at radius 2 is 2.17 bits per heavy atom. The first-order chi connectivity index (χ1) is 8.34. The number of nitrogens with one attached hydrogen (secondary N) is 1. The first kappa shape index (κ1) is 14.4. The fourth-order valence-electron chi connectivity index (χ4n) is 1.69. The van der Waals surface area contributed by atoms with Crippen molar-refractivity contribution in [3.8, 4) is 0 Å². The van der Waals surface area contributed by atoms with Crippen LogP contribution < -0.4 is 5.32 Å². The zero-order valence-corrected chi connectivity index (χ0v) is 11.0.